The summed E-state index contributed by atoms with van der Waals surface area (Å²) < 4.78 is 10.9. The van der Waals surface area contributed by atoms with Crippen LogP contribution >= 0.6 is 0 Å². The van der Waals surface area contributed by atoms with Gasteiger partial charge in [0.2, 0.25) is 0 Å². The predicted octanol–water partition coefficient (Wildman–Crippen LogP) is 2.29. The molecule has 0 aliphatic heterocycles. The van der Waals surface area contributed by atoms with Crippen molar-refractivity contribution in [2.45, 2.75) is 44.6 Å². The summed E-state index contributed by atoms with van der Waals surface area (Å²) in [6, 6.07) is 0. The van der Waals surface area contributed by atoms with E-state index in [0.29, 0.717) is 18.3 Å². The first-order valence-electron chi connectivity index (χ1n) is 9.66. The molecule has 3 atom stereocenters. The van der Waals surface area contributed by atoms with E-state index in [0.717, 1.165) is 11.8 Å². The fraction of sp³-hybridized carbons (Fsp3) is 0.750. The molecule has 0 heterocycles. The molecule has 0 aromatic carbocycles. The quantitative estimate of drug-likeness (QED) is 0.578. The second kappa shape index (κ2) is 5.68. The molecule has 0 aromatic rings. The summed E-state index contributed by atoms with van der Waals surface area (Å²) >= 11 is 0. The summed E-state index contributed by atoms with van der Waals surface area (Å²) in [6.45, 7) is -0.326. The van der Waals surface area contributed by atoms with Gasteiger partial charge < -0.3 is 9.47 Å². The minimum absolute atomic E-state index is 0.0195. The van der Waals surface area contributed by atoms with Crippen LogP contribution in [-0.2, 0) is 23.9 Å². The molecule has 0 aromatic heterocycles. The molecule has 0 amide bonds. The second-order valence-electron chi connectivity index (χ2n) is 8.75. The molecular weight excluding hydrogens is 320 g/mol. The Hall–Kier alpha value is -1.65. The Balaban J connectivity index is 1.14. The fourth-order valence-electron chi connectivity index (χ4n) is 6.37. The van der Waals surface area contributed by atoms with E-state index < -0.39 is 17.9 Å². The lowest BCUT2D eigenvalue weighted by Crippen LogP contribution is -2.50. The minimum Gasteiger partial charge on any atom is -0.459 e. The molecule has 6 aliphatic rings. The van der Waals surface area contributed by atoms with Crippen LogP contribution in [-0.4, -0.2) is 30.4 Å². The van der Waals surface area contributed by atoms with Crippen molar-refractivity contribution in [3.63, 3.8) is 0 Å². The van der Waals surface area contributed by atoms with Crippen LogP contribution in [0.5, 0.6) is 0 Å². The van der Waals surface area contributed by atoms with Crippen molar-refractivity contribution in [2.75, 3.05) is 6.61 Å². The zero-order chi connectivity index (χ0) is 17.1. The molecule has 5 fully saturated rings. The highest BCUT2D eigenvalue weighted by Crippen LogP contribution is 2.54. The fourth-order valence-corrected chi connectivity index (χ4v) is 6.37. The molecule has 134 valence electrons. The Labute approximate surface area is 147 Å². The van der Waals surface area contributed by atoms with Crippen molar-refractivity contribution in [2.24, 2.45) is 41.4 Å². The normalized spacial score (nSPS) is 45.8. The average molecular weight is 344 g/mol. The summed E-state index contributed by atoms with van der Waals surface area (Å²) in [5.74, 6) is 1.00. The van der Waals surface area contributed by atoms with Crippen molar-refractivity contribution >= 4 is 17.7 Å². The highest BCUT2D eigenvalue weighted by Gasteiger charge is 2.50. The van der Waals surface area contributed by atoms with Crippen LogP contribution in [0.25, 0.3) is 0 Å². The molecule has 0 saturated heterocycles. The van der Waals surface area contributed by atoms with E-state index in [1.807, 2.05) is 6.08 Å². The first-order valence-corrected chi connectivity index (χ1v) is 9.66. The zero-order valence-electron chi connectivity index (χ0n) is 14.3. The summed E-state index contributed by atoms with van der Waals surface area (Å²) in [5, 5.41) is 0. The number of esters is 2. The topological polar surface area (TPSA) is 69.7 Å². The highest BCUT2D eigenvalue weighted by atomic mass is 16.6. The van der Waals surface area contributed by atoms with Gasteiger partial charge in [0.15, 0.2) is 6.61 Å². The molecule has 5 saturated carbocycles. The number of rotatable bonds is 4. The smallest absolute Gasteiger partial charge is 0.344 e. The Kier molecular flexibility index (Phi) is 3.54. The molecule has 0 spiro atoms. The molecule has 6 rings (SSSR count). The first kappa shape index (κ1) is 15.6. The number of Topliss-reactive ketones (excluding diaryl/α,β-unsaturated/α-hetero) is 1. The Morgan fingerprint density at radius 1 is 0.960 bits per heavy atom. The van der Waals surface area contributed by atoms with Gasteiger partial charge in [-0.25, -0.2) is 4.79 Å². The van der Waals surface area contributed by atoms with Gasteiger partial charge in [0, 0.05) is 11.8 Å². The number of allylic oxidation sites excluding steroid dienone is 2. The Bertz CT molecular complexity index is 622. The third-order valence-electron chi connectivity index (χ3n) is 7.23. The second-order valence-corrected chi connectivity index (χ2v) is 8.75. The van der Waals surface area contributed by atoms with E-state index in [4.69, 9.17) is 9.47 Å². The minimum atomic E-state index is -0.438. The van der Waals surface area contributed by atoms with Crippen LogP contribution in [0.3, 0.4) is 0 Å². The van der Waals surface area contributed by atoms with E-state index in [9.17, 15) is 14.4 Å². The number of hydrogen-bond donors (Lipinski definition) is 0. The molecule has 3 unspecified atom stereocenters. The van der Waals surface area contributed by atoms with E-state index in [1.54, 1.807) is 6.08 Å². The monoisotopic (exact) mass is 344 g/mol. The molecule has 5 nitrogen and oxygen atoms in total. The van der Waals surface area contributed by atoms with Crippen molar-refractivity contribution in [3.05, 3.63) is 12.2 Å². The molecule has 0 N–H and O–H groups in total. The van der Waals surface area contributed by atoms with Gasteiger partial charge in [-0.2, -0.15) is 0 Å². The Morgan fingerprint density at radius 2 is 1.64 bits per heavy atom. The summed E-state index contributed by atoms with van der Waals surface area (Å²) in [4.78, 5) is 36.3. The zero-order valence-corrected chi connectivity index (χ0v) is 14.3. The first-order chi connectivity index (χ1) is 12.1. The lowest BCUT2D eigenvalue weighted by Gasteiger charge is -2.53. The SMILES string of the molecule is O=C(COC(=O)C1CC2C=CC1C2=O)OC1C2CC3CC(C2)CC1C3. The van der Waals surface area contributed by atoms with E-state index >= 15 is 0 Å². The molecule has 25 heavy (non-hydrogen) atoms. The maximum absolute atomic E-state index is 12.2. The highest BCUT2D eigenvalue weighted by molar-refractivity contribution is 5.97. The molecule has 5 heteroatoms. The molecule has 0 radical (unpaired) electrons. The van der Waals surface area contributed by atoms with Crippen molar-refractivity contribution in [1.29, 1.82) is 0 Å². The van der Waals surface area contributed by atoms with Crippen molar-refractivity contribution in [1.82, 2.24) is 0 Å². The maximum Gasteiger partial charge on any atom is 0.344 e. The van der Waals surface area contributed by atoms with Gasteiger partial charge in [0.1, 0.15) is 11.9 Å². The maximum atomic E-state index is 12.2. The molecule has 6 aliphatic carbocycles. The van der Waals surface area contributed by atoms with Gasteiger partial charge in [-0.3, -0.25) is 9.59 Å². The van der Waals surface area contributed by atoms with E-state index in [-0.39, 0.29) is 30.3 Å². The van der Waals surface area contributed by atoms with Crippen LogP contribution in [0.15, 0.2) is 12.2 Å². The Morgan fingerprint density at radius 3 is 2.20 bits per heavy atom. The van der Waals surface area contributed by atoms with Gasteiger partial charge in [-0.15, -0.1) is 0 Å². The number of ketones is 1. The van der Waals surface area contributed by atoms with Gasteiger partial charge in [0.25, 0.3) is 0 Å². The number of carbonyl (C=O) groups excluding carboxylic acids is 3. The summed E-state index contributed by atoms with van der Waals surface area (Å²) in [7, 11) is 0. The van der Waals surface area contributed by atoms with Crippen molar-refractivity contribution < 1.29 is 23.9 Å². The number of hydrogen-bond acceptors (Lipinski definition) is 5. The van der Waals surface area contributed by atoms with Gasteiger partial charge in [-0.1, -0.05) is 12.2 Å². The molecular formula is C20H24O5. The lowest BCUT2D eigenvalue weighted by atomic mass is 9.55. The third-order valence-corrected chi connectivity index (χ3v) is 7.23. The van der Waals surface area contributed by atoms with Crippen LogP contribution < -0.4 is 0 Å². The van der Waals surface area contributed by atoms with Crippen LogP contribution in [0.1, 0.15) is 38.5 Å². The lowest BCUT2D eigenvalue weighted by molar-refractivity contribution is -0.179. The molecule has 6 bridgehead atoms. The predicted molar refractivity (Wildman–Crippen MR) is 87.1 cm³/mol. The van der Waals surface area contributed by atoms with Crippen molar-refractivity contribution in [3.8, 4) is 0 Å². The van der Waals surface area contributed by atoms with Gasteiger partial charge in [0.05, 0.1) is 5.92 Å². The standard InChI is InChI=1S/C20H24O5/c21-17(9-24-20(23)16-8-12-1-2-15(16)18(12)22)25-19-13-4-10-3-11(6-13)7-14(19)5-10/h1-2,10-16,19H,3-9H2. The number of carbonyl (C=O) groups is 3. The van der Waals surface area contributed by atoms with Gasteiger partial charge in [-0.05, 0) is 62.2 Å². The van der Waals surface area contributed by atoms with Crippen LogP contribution in [0.4, 0.5) is 0 Å². The van der Waals surface area contributed by atoms with Crippen LogP contribution in [0.2, 0.25) is 0 Å². The number of fused-ring (bicyclic) bond motifs is 2. The number of ether oxygens (including phenoxy) is 2. The summed E-state index contributed by atoms with van der Waals surface area (Å²) in [6.07, 6.45) is 10.3. The van der Waals surface area contributed by atoms with Gasteiger partial charge >= 0.3 is 11.9 Å². The largest absolute Gasteiger partial charge is 0.459 e. The van der Waals surface area contributed by atoms with E-state index in [2.05, 4.69) is 0 Å². The third kappa shape index (κ3) is 2.54. The summed E-state index contributed by atoms with van der Waals surface area (Å²) in [5.41, 5.74) is 0. The van der Waals surface area contributed by atoms with Crippen LogP contribution in [0, 0.1) is 41.4 Å². The van der Waals surface area contributed by atoms with E-state index in [1.165, 1.54) is 32.1 Å². The average Bonchev–Trinajstić information content (AvgIpc) is 3.10.